The number of amides is 3. The maximum absolute atomic E-state index is 11.1. The number of carbonyl (C=O) groups is 2. The first-order chi connectivity index (χ1) is 6.13. The second kappa shape index (κ2) is 4.23. The number of carbonyl (C=O) groups excluding carboxylic acids is 2. The molecule has 1 saturated heterocycles. The Labute approximate surface area is 77.0 Å². The van der Waals surface area contributed by atoms with Gasteiger partial charge >= 0.3 is 6.03 Å². The van der Waals surface area contributed by atoms with Crippen LogP contribution >= 0.6 is 0 Å². The maximum atomic E-state index is 11.1. The van der Waals surface area contributed by atoms with Gasteiger partial charge in [-0.2, -0.15) is 0 Å². The number of nitrogens with one attached hydrogen (secondary N) is 1. The Hall–Kier alpha value is -1.10. The fraction of sp³-hybridized carbons (Fsp3) is 0.750. The maximum Gasteiger partial charge on any atom is 0.324 e. The molecule has 74 valence electrons. The topological polar surface area (TPSA) is 58.6 Å². The standard InChI is InChI=1S/C8H14N2O3/c1-3-13-6(2)4-10-5-7(11)9-8(10)12/h6H,3-5H2,1-2H3,(H,9,11,12). The predicted molar refractivity (Wildman–Crippen MR) is 46.2 cm³/mol. The summed E-state index contributed by atoms with van der Waals surface area (Å²) in [5.74, 6) is -0.242. The van der Waals surface area contributed by atoms with E-state index in [1.165, 1.54) is 4.90 Å². The van der Waals surface area contributed by atoms with Crippen LogP contribution in [-0.2, 0) is 9.53 Å². The zero-order chi connectivity index (χ0) is 9.84. The Balaban J connectivity index is 2.36. The molecule has 5 nitrogen and oxygen atoms in total. The number of imide groups is 1. The first kappa shape index (κ1) is 9.98. The lowest BCUT2D eigenvalue weighted by Crippen LogP contribution is -2.35. The number of ether oxygens (including phenoxy) is 1. The minimum atomic E-state index is -0.323. The van der Waals surface area contributed by atoms with Gasteiger partial charge in [-0.1, -0.05) is 0 Å². The van der Waals surface area contributed by atoms with Crippen LogP contribution in [0.5, 0.6) is 0 Å². The summed E-state index contributed by atoms with van der Waals surface area (Å²) < 4.78 is 5.25. The molecule has 1 heterocycles. The zero-order valence-corrected chi connectivity index (χ0v) is 7.87. The number of rotatable bonds is 4. The Bertz CT molecular complexity index is 217. The lowest BCUT2D eigenvalue weighted by atomic mass is 10.3. The van der Waals surface area contributed by atoms with Gasteiger partial charge in [0.05, 0.1) is 6.10 Å². The lowest BCUT2D eigenvalue weighted by Gasteiger charge is -2.18. The van der Waals surface area contributed by atoms with Crippen LogP contribution in [0.25, 0.3) is 0 Å². The van der Waals surface area contributed by atoms with E-state index in [1.54, 1.807) is 0 Å². The molecule has 0 saturated carbocycles. The predicted octanol–water partition coefficient (Wildman–Crippen LogP) is -0.0368. The molecule has 0 radical (unpaired) electrons. The van der Waals surface area contributed by atoms with Crippen molar-refractivity contribution in [2.45, 2.75) is 20.0 Å². The van der Waals surface area contributed by atoms with E-state index in [9.17, 15) is 9.59 Å². The molecule has 0 aromatic heterocycles. The third-order valence-corrected chi connectivity index (χ3v) is 1.80. The number of urea groups is 1. The van der Waals surface area contributed by atoms with E-state index in [0.29, 0.717) is 13.2 Å². The molecule has 1 N–H and O–H groups in total. The summed E-state index contributed by atoms with van der Waals surface area (Å²) in [4.78, 5) is 23.3. The highest BCUT2D eigenvalue weighted by Crippen LogP contribution is 2.01. The number of hydrogen-bond donors (Lipinski definition) is 1. The summed E-state index contributed by atoms with van der Waals surface area (Å²) in [7, 11) is 0. The van der Waals surface area contributed by atoms with Crippen LogP contribution in [0.15, 0.2) is 0 Å². The van der Waals surface area contributed by atoms with Gasteiger partial charge < -0.3 is 9.64 Å². The third-order valence-electron chi connectivity index (χ3n) is 1.80. The van der Waals surface area contributed by atoms with Crippen molar-refractivity contribution in [1.82, 2.24) is 10.2 Å². The monoisotopic (exact) mass is 186 g/mol. The van der Waals surface area contributed by atoms with Crippen LogP contribution < -0.4 is 5.32 Å². The van der Waals surface area contributed by atoms with Crippen molar-refractivity contribution in [3.8, 4) is 0 Å². The average molecular weight is 186 g/mol. The van der Waals surface area contributed by atoms with Gasteiger partial charge in [0.25, 0.3) is 0 Å². The van der Waals surface area contributed by atoms with E-state index in [4.69, 9.17) is 4.74 Å². The molecule has 0 aliphatic carbocycles. The van der Waals surface area contributed by atoms with Crippen molar-refractivity contribution < 1.29 is 14.3 Å². The summed E-state index contributed by atoms with van der Waals surface area (Å²) in [6.07, 6.45) is -0.0262. The summed E-state index contributed by atoms with van der Waals surface area (Å²) in [6, 6.07) is -0.323. The van der Waals surface area contributed by atoms with E-state index >= 15 is 0 Å². The molecule has 0 aromatic rings. The zero-order valence-electron chi connectivity index (χ0n) is 7.87. The van der Waals surface area contributed by atoms with E-state index in [1.807, 2.05) is 13.8 Å². The van der Waals surface area contributed by atoms with E-state index < -0.39 is 0 Å². The largest absolute Gasteiger partial charge is 0.377 e. The third kappa shape index (κ3) is 2.69. The average Bonchev–Trinajstić information content (AvgIpc) is 2.30. The summed E-state index contributed by atoms with van der Waals surface area (Å²) in [5, 5.41) is 2.21. The fourth-order valence-electron chi connectivity index (χ4n) is 1.28. The molecular weight excluding hydrogens is 172 g/mol. The first-order valence-corrected chi connectivity index (χ1v) is 4.33. The summed E-state index contributed by atoms with van der Waals surface area (Å²) in [6.45, 7) is 5.00. The molecule has 1 rings (SSSR count). The van der Waals surface area contributed by atoms with E-state index in [0.717, 1.165) is 0 Å². The van der Waals surface area contributed by atoms with Crippen molar-refractivity contribution in [3.63, 3.8) is 0 Å². The Morgan fingerprint density at radius 3 is 2.77 bits per heavy atom. The van der Waals surface area contributed by atoms with Crippen LogP contribution in [0.1, 0.15) is 13.8 Å². The molecule has 1 aliphatic rings. The molecule has 0 spiro atoms. The van der Waals surface area contributed by atoms with Crippen molar-refractivity contribution in [2.24, 2.45) is 0 Å². The van der Waals surface area contributed by atoms with Gasteiger partial charge in [0.2, 0.25) is 5.91 Å². The molecule has 1 unspecified atom stereocenters. The number of hydrogen-bond acceptors (Lipinski definition) is 3. The Morgan fingerprint density at radius 1 is 1.62 bits per heavy atom. The van der Waals surface area contributed by atoms with Crippen LogP contribution in [0, 0.1) is 0 Å². The molecule has 1 atom stereocenters. The molecule has 5 heteroatoms. The van der Waals surface area contributed by atoms with E-state index in [-0.39, 0.29) is 24.6 Å². The molecule has 1 aliphatic heterocycles. The smallest absolute Gasteiger partial charge is 0.324 e. The van der Waals surface area contributed by atoms with Gasteiger partial charge in [0.1, 0.15) is 6.54 Å². The Kier molecular flexibility index (Phi) is 3.25. The van der Waals surface area contributed by atoms with Crippen molar-refractivity contribution in [3.05, 3.63) is 0 Å². The fourth-order valence-corrected chi connectivity index (χ4v) is 1.28. The molecule has 13 heavy (non-hydrogen) atoms. The van der Waals surface area contributed by atoms with Crippen LogP contribution in [0.3, 0.4) is 0 Å². The normalized spacial score (nSPS) is 19.1. The molecule has 0 aromatic carbocycles. The summed E-state index contributed by atoms with van der Waals surface area (Å²) >= 11 is 0. The van der Waals surface area contributed by atoms with Gasteiger partial charge in [-0.25, -0.2) is 4.79 Å². The second-order valence-electron chi connectivity index (χ2n) is 3.00. The van der Waals surface area contributed by atoms with Crippen molar-refractivity contribution in [2.75, 3.05) is 19.7 Å². The van der Waals surface area contributed by atoms with Crippen molar-refractivity contribution in [1.29, 1.82) is 0 Å². The minimum Gasteiger partial charge on any atom is -0.377 e. The quantitative estimate of drug-likeness (QED) is 0.627. The lowest BCUT2D eigenvalue weighted by molar-refractivity contribution is -0.118. The highest BCUT2D eigenvalue weighted by atomic mass is 16.5. The van der Waals surface area contributed by atoms with E-state index in [2.05, 4.69) is 5.32 Å². The van der Waals surface area contributed by atoms with Crippen LogP contribution in [0.4, 0.5) is 4.79 Å². The Morgan fingerprint density at radius 2 is 2.31 bits per heavy atom. The van der Waals surface area contributed by atoms with Crippen LogP contribution in [-0.4, -0.2) is 42.6 Å². The first-order valence-electron chi connectivity index (χ1n) is 4.33. The summed E-state index contributed by atoms with van der Waals surface area (Å²) in [5.41, 5.74) is 0. The highest BCUT2D eigenvalue weighted by molar-refractivity contribution is 6.01. The molecule has 0 bridgehead atoms. The van der Waals surface area contributed by atoms with Gasteiger partial charge in [0.15, 0.2) is 0 Å². The van der Waals surface area contributed by atoms with Gasteiger partial charge in [-0.3, -0.25) is 10.1 Å². The van der Waals surface area contributed by atoms with Crippen LogP contribution in [0.2, 0.25) is 0 Å². The molecular formula is C8H14N2O3. The second-order valence-corrected chi connectivity index (χ2v) is 3.00. The molecule has 3 amide bonds. The van der Waals surface area contributed by atoms with Crippen molar-refractivity contribution >= 4 is 11.9 Å². The highest BCUT2D eigenvalue weighted by Gasteiger charge is 2.27. The van der Waals surface area contributed by atoms with Gasteiger partial charge in [-0.05, 0) is 13.8 Å². The number of nitrogens with zero attached hydrogens (tertiary/aromatic N) is 1. The minimum absolute atomic E-state index is 0.0262. The van der Waals surface area contributed by atoms with Gasteiger partial charge in [-0.15, -0.1) is 0 Å². The van der Waals surface area contributed by atoms with Gasteiger partial charge in [0, 0.05) is 13.2 Å². The molecule has 1 fully saturated rings. The SMILES string of the molecule is CCOC(C)CN1CC(=O)NC1=O.